The van der Waals surface area contributed by atoms with Crippen LogP contribution in [0.3, 0.4) is 0 Å². The van der Waals surface area contributed by atoms with Gasteiger partial charge in [-0.05, 0) is 0 Å². The minimum atomic E-state index is -3.32. The summed E-state index contributed by atoms with van der Waals surface area (Å²) in [5.41, 5.74) is 0. The van der Waals surface area contributed by atoms with Crippen LogP contribution in [-0.4, -0.2) is 13.1 Å². The van der Waals surface area contributed by atoms with Crippen LogP contribution in [0.1, 0.15) is 13.3 Å². The van der Waals surface area contributed by atoms with Crippen molar-refractivity contribution >= 4 is 5.97 Å². The van der Waals surface area contributed by atoms with Gasteiger partial charge in [-0.3, -0.25) is 0 Å². The predicted octanol–water partition coefficient (Wildman–Crippen LogP) is 3.70. The molecule has 0 aliphatic carbocycles. The van der Waals surface area contributed by atoms with Gasteiger partial charge in [0.2, 0.25) is 0 Å². The molecule has 92 valence electrons. The van der Waals surface area contributed by atoms with Crippen LogP contribution in [0, 0.1) is 0 Å². The van der Waals surface area contributed by atoms with E-state index in [-0.39, 0.29) is 4.31 Å². The molecule has 17 heavy (non-hydrogen) atoms. The second-order valence-electron chi connectivity index (χ2n) is 10.7. The first-order valence-corrected chi connectivity index (χ1v) is 13.5. The molecule has 0 aromatic heterocycles. The third kappa shape index (κ3) is 0.0552. The molecule has 0 saturated carbocycles. The zero-order valence-electron chi connectivity index (χ0n) is 10.00. The molecule has 5 atom stereocenters. The quantitative estimate of drug-likeness (QED) is 0.566. The molecule has 0 radical (unpaired) electrons. The van der Waals surface area contributed by atoms with Crippen LogP contribution in [0.15, 0.2) is 0 Å². The fourth-order valence-electron chi connectivity index (χ4n) is 18.8. The summed E-state index contributed by atoms with van der Waals surface area (Å²) >= 11 is 0. The molecule has 5 unspecified atom stereocenters. The molecule has 0 bridgehead atoms. The average molecular weight is 272 g/mol. The van der Waals surface area contributed by atoms with Gasteiger partial charge in [0.1, 0.15) is 0 Å². The van der Waals surface area contributed by atoms with Crippen molar-refractivity contribution in [1.82, 2.24) is 0 Å². The molecule has 2 nitrogen and oxygen atoms in total. The normalized spacial score (nSPS) is 123. The van der Waals surface area contributed by atoms with Crippen molar-refractivity contribution in [2.24, 2.45) is 0 Å². The van der Waals surface area contributed by atoms with Crippen molar-refractivity contribution in [1.29, 1.82) is 0 Å². The predicted molar refractivity (Wildman–Crippen MR) is 57.7 cm³/mol. The molecule has 10 fully saturated rings. The topological polar surface area (TPSA) is 26.3 Å². The molecular formula is C14H16FeO2. The van der Waals surface area contributed by atoms with Crippen LogP contribution in [-0.2, 0) is 16.0 Å². The Morgan fingerprint density at radius 1 is 1.12 bits per heavy atom. The summed E-state index contributed by atoms with van der Waals surface area (Å²) in [6.45, 7) is -0.897. The van der Waals surface area contributed by atoms with E-state index in [2.05, 4.69) is 6.92 Å². The number of esters is 1. The number of carbonyl (C=O) groups excluding carboxylic acids is 1. The van der Waals surface area contributed by atoms with Crippen LogP contribution in [0.5, 0.6) is 0 Å². The average Bonchev–Trinajstić information content (AvgIpc) is 3.28. The summed E-state index contributed by atoms with van der Waals surface area (Å²) in [6, 6.07) is 0. The number of ether oxygens (including phenoxy) is 1. The Bertz CT molecular complexity index is 997. The van der Waals surface area contributed by atoms with Crippen LogP contribution < -0.4 is 0 Å². The Hall–Kier alpha value is -0.0105. The molecule has 10 heterocycles. The molecule has 0 N–H and O–H groups in total. The first-order chi connectivity index (χ1) is 7.98. The van der Waals surface area contributed by atoms with Crippen molar-refractivity contribution in [3.05, 3.63) is 0 Å². The van der Waals surface area contributed by atoms with Crippen LogP contribution in [0.4, 0.5) is 0 Å². The van der Waals surface area contributed by atoms with E-state index < -0.39 is 6.51 Å². The molecule has 3 heteroatoms. The zero-order valence-corrected chi connectivity index (χ0v) is 11.1. The Labute approximate surface area is 89.7 Å². The minimum absolute atomic E-state index is 0.287. The first-order valence-electron chi connectivity index (χ1n) is 7.27. The maximum absolute atomic E-state index is 12.8. The fraction of sp³-hybridized carbons (Fsp3) is 0.929. The van der Waals surface area contributed by atoms with E-state index in [0.717, 1.165) is 4.82 Å². The van der Waals surface area contributed by atoms with E-state index >= 15 is 0 Å². The summed E-state index contributed by atoms with van der Waals surface area (Å²) in [5.74, 6) is 0.320. The second-order valence-corrected chi connectivity index (χ2v) is 34.1. The van der Waals surface area contributed by atoms with E-state index in [9.17, 15) is 4.79 Å². The third-order valence-electron chi connectivity index (χ3n) is 16.2. The Morgan fingerprint density at radius 3 is 2.00 bits per heavy atom. The first kappa shape index (κ1) is 6.43. The van der Waals surface area contributed by atoms with E-state index in [1.54, 1.807) is 7.11 Å². The van der Waals surface area contributed by atoms with E-state index in [1.165, 1.54) is 40.1 Å². The second kappa shape index (κ2) is 0.486. The Morgan fingerprint density at radius 2 is 1.71 bits per heavy atom. The maximum atomic E-state index is 12.8. The number of fused-ring (bicyclic) bond motifs is 10. The molecule has 10 aliphatic rings. The Balaban J connectivity index is 1.73. The summed E-state index contributed by atoms with van der Waals surface area (Å²) < 4.78 is 6.37. The van der Waals surface area contributed by atoms with Gasteiger partial charge < -0.3 is 0 Å². The number of methoxy groups -OCH3 is 1. The molecule has 1 spiro atoms. The zero-order chi connectivity index (χ0) is 10.9. The van der Waals surface area contributed by atoms with Gasteiger partial charge >= 0.3 is 89.6 Å². The van der Waals surface area contributed by atoms with Crippen molar-refractivity contribution in [2.45, 2.75) is 60.5 Å². The monoisotopic (exact) mass is 272 g/mol. The molecule has 10 aliphatic heterocycles. The molecular weight excluding hydrogens is 256 g/mol. The molecule has 0 aromatic carbocycles. The van der Waals surface area contributed by atoms with E-state index in [1.807, 2.05) is 0 Å². The van der Waals surface area contributed by atoms with Crippen LogP contribution >= 0.6 is 0 Å². The number of hydrogen-bond donors (Lipinski definition) is 0. The van der Waals surface area contributed by atoms with Gasteiger partial charge in [-0.2, -0.15) is 0 Å². The van der Waals surface area contributed by atoms with Gasteiger partial charge in [-0.15, -0.1) is 0 Å². The summed E-state index contributed by atoms with van der Waals surface area (Å²) in [6.07, 6.45) is 1.37. The van der Waals surface area contributed by atoms with Crippen LogP contribution in [0.25, 0.3) is 0 Å². The van der Waals surface area contributed by atoms with Gasteiger partial charge in [0.05, 0.1) is 0 Å². The summed E-state index contributed by atoms with van der Waals surface area (Å²) in [7, 11) is 1.66. The van der Waals surface area contributed by atoms with E-state index in [4.69, 9.17) is 4.74 Å². The molecule has 10 saturated heterocycles. The van der Waals surface area contributed by atoms with Gasteiger partial charge in [-0.1, -0.05) is 0 Å². The molecule has 10 rings (SSSR count). The third-order valence-corrected chi connectivity index (χ3v) is 59.7. The molecule has 0 amide bonds. The number of carbonyl (C=O) groups is 1. The van der Waals surface area contributed by atoms with E-state index in [0.29, 0.717) is 10.3 Å². The van der Waals surface area contributed by atoms with Crippen molar-refractivity contribution < 1.29 is 16.0 Å². The van der Waals surface area contributed by atoms with Gasteiger partial charge in [0.15, 0.2) is 0 Å². The standard InChI is InChI=1S/C9H11O2.C5H5.Fe/c1-3-7-5-4-6-8(7)9(10)11-2;1-2-4-5-3-1;/h4-6H,3H2,1-2H3;1-5H;. The van der Waals surface area contributed by atoms with Crippen molar-refractivity contribution in [3.8, 4) is 0 Å². The molecule has 0 aromatic rings. The van der Waals surface area contributed by atoms with Crippen molar-refractivity contribution in [2.75, 3.05) is 7.11 Å². The number of rotatable bonds is 2. The fourth-order valence-corrected chi connectivity index (χ4v) is 95.9. The summed E-state index contributed by atoms with van der Waals surface area (Å²) in [5, 5.41) is 0. The van der Waals surface area contributed by atoms with Gasteiger partial charge in [0.25, 0.3) is 0 Å². The van der Waals surface area contributed by atoms with Crippen LogP contribution in [0.2, 0.25) is 47.2 Å². The van der Waals surface area contributed by atoms with Gasteiger partial charge in [0, 0.05) is 0 Å². The van der Waals surface area contributed by atoms with Gasteiger partial charge in [-0.25, -0.2) is 0 Å². The number of hydrogen-bond acceptors (Lipinski definition) is 2. The summed E-state index contributed by atoms with van der Waals surface area (Å²) in [4.78, 5) is 22.3. The Kier molecular flexibility index (Phi) is 0.184. The van der Waals surface area contributed by atoms with Crippen molar-refractivity contribution in [3.63, 3.8) is 0 Å². The SMILES string of the molecule is CC[C]12[CH]3[CH]4[CH]5[C]1(C(=O)OC)[Fe]43521678[CH]2[CH]1[CH]6[CH]7[CH]28.